The maximum absolute atomic E-state index is 11.5. The van der Waals surface area contributed by atoms with Gasteiger partial charge < -0.3 is 15.3 Å². The van der Waals surface area contributed by atoms with Crippen LogP contribution in [0, 0.1) is 5.92 Å². The van der Waals surface area contributed by atoms with Gasteiger partial charge in [0, 0.05) is 24.7 Å². The Morgan fingerprint density at radius 3 is 2.52 bits per heavy atom. The first-order valence-electron chi connectivity index (χ1n) is 8.34. The molecule has 0 amide bonds. The number of aliphatic hydroxyl groups is 1. The Hall–Kier alpha value is -0.170. The topological polar surface area (TPSA) is 69.6 Å². The normalized spacial score (nSPS) is 36.9. The molecule has 0 aromatic rings. The van der Waals surface area contributed by atoms with Crippen LogP contribution >= 0.6 is 0 Å². The summed E-state index contributed by atoms with van der Waals surface area (Å²) in [6, 6.07) is 0.623. The van der Waals surface area contributed by atoms with Crippen LogP contribution in [0.5, 0.6) is 0 Å². The maximum atomic E-state index is 11.5. The van der Waals surface area contributed by atoms with Crippen molar-refractivity contribution in [3.8, 4) is 0 Å². The Bertz CT molecular complexity index is 450. The summed E-state index contributed by atoms with van der Waals surface area (Å²) in [6.45, 7) is 2.56. The molecule has 3 fully saturated rings. The average molecular weight is 316 g/mol. The van der Waals surface area contributed by atoms with Gasteiger partial charge in [0.15, 0.2) is 9.84 Å². The zero-order chi connectivity index (χ0) is 14.9. The standard InChI is InChI=1S/C15H28N2O3S/c18-12-15(16-14-3-4-14)6-1-2-13(15)5-7-17-8-10-21(19,20)11-9-17/h13-14,16,18H,1-12H2. The zero-order valence-electron chi connectivity index (χ0n) is 12.8. The molecule has 0 aromatic carbocycles. The molecule has 1 aliphatic heterocycles. The summed E-state index contributed by atoms with van der Waals surface area (Å²) in [5.41, 5.74) is -0.0664. The van der Waals surface area contributed by atoms with E-state index in [9.17, 15) is 13.5 Å². The number of hydrogen-bond donors (Lipinski definition) is 2. The van der Waals surface area contributed by atoms with E-state index in [2.05, 4.69) is 10.2 Å². The molecule has 2 N–H and O–H groups in total. The number of hydrogen-bond acceptors (Lipinski definition) is 5. The first-order valence-corrected chi connectivity index (χ1v) is 10.2. The van der Waals surface area contributed by atoms with E-state index in [1.165, 1.54) is 25.7 Å². The predicted molar refractivity (Wildman–Crippen MR) is 83.0 cm³/mol. The summed E-state index contributed by atoms with van der Waals surface area (Å²) >= 11 is 0. The quantitative estimate of drug-likeness (QED) is 0.742. The van der Waals surface area contributed by atoms with E-state index in [1.54, 1.807) is 0 Å². The van der Waals surface area contributed by atoms with Crippen LogP contribution < -0.4 is 5.32 Å². The molecule has 0 aromatic heterocycles. The molecule has 5 nitrogen and oxygen atoms in total. The van der Waals surface area contributed by atoms with E-state index in [4.69, 9.17) is 0 Å². The lowest BCUT2D eigenvalue weighted by Crippen LogP contribution is -2.53. The van der Waals surface area contributed by atoms with Crippen LogP contribution in [0.3, 0.4) is 0 Å². The molecule has 1 saturated heterocycles. The van der Waals surface area contributed by atoms with Gasteiger partial charge in [-0.3, -0.25) is 0 Å². The van der Waals surface area contributed by atoms with Gasteiger partial charge in [-0.2, -0.15) is 0 Å². The zero-order valence-corrected chi connectivity index (χ0v) is 13.6. The predicted octanol–water partition coefficient (Wildman–Crippen LogP) is 0.390. The lowest BCUT2D eigenvalue weighted by atomic mass is 9.85. The van der Waals surface area contributed by atoms with Gasteiger partial charge in [0.1, 0.15) is 0 Å². The lowest BCUT2D eigenvalue weighted by Gasteiger charge is -2.37. The molecule has 1 heterocycles. The van der Waals surface area contributed by atoms with Gasteiger partial charge in [-0.05, 0) is 44.6 Å². The van der Waals surface area contributed by atoms with Gasteiger partial charge in [0.05, 0.1) is 18.1 Å². The molecule has 0 radical (unpaired) electrons. The summed E-state index contributed by atoms with van der Waals surface area (Å²) in [5, 5.41) is 13.6. The van der Waals surface area contributed by atoms with Crippen molar-refractivity contribution in [3.05, 3.63) is 0 Å². The molecule has 2 saturated carbocycles. The summed E-state index contributed by atoms with van der Waals surface area (Å²) in [6.07, 6.45) is 7.03. The Labute approximate surface area is 128 Å². The molecule has 3 rings (SSSR count). The highest BCUT2D eigenvalue weighted by Gasteiger charge is 2.45. The largest absolute Gasteiger partial charge is 0.394 e. The Morgan fingerprint density at radius 1 is 1.19 bits per heavy atom. The molecule has 0 bridgehead atoms. The van der Waals surface area contributed by atoms with Crippen molar-refractivity contribution in [2.24, 2.45) is 5.92 Å². The lowest BCUT2D eigenvalue weighted by molar-refractivity contribution is 0.110. The second-order valence-electron chi connectivity index (χ2n) is 7.10. The van der Waals surface area contributed by atoms with Crippen molar-refractivity contribution >= 4 is 9.84 Å². The first kappa shape index (κ1) is 15.7. The van der Waals surface area contributed by atoms with E-state index in [-0.39, 0.29) is 12.1 Å². The van der Waals surface area contributed by atoms with Gasteiger partial charge in [0.25, 0.3) is 0 Å². The highest BCUT2D eigenvalue weighted by molar-refractivity contribution is 7.91. The van der Waals surface area contributed by atoms with Crippen molar-refractivity contribution in [1.29, 1.82) is 0 Å². The second kappa shape index (κ2) is 6.14. The maximum Gasteiger partial charge on any atom is 0.152 e. The van der Waals surface area contributed by atoms with Crippen LogP contribution in [0.2, 0.25) is 0 Å². The fourth-order valence-electron chi connectivity index (χ4n) is 3.96. The number of rotatable bonds is 6. The monoisotopic (exact) mass is 316 g/mol. The minimum atomic E-state index is -2.78. The Kier molecular flexibility index (Phi) is 4.60. The van der Waals surface area contributed by atoms with Crippen molar-refractivity contribution in [2.45, 2.75) is 50.1 Å². The van der Waals surface area contributed by atoms with Crippen molar-refractivity contribution < 1.29 is 13.5 Å². The van der Waals surface area contributed by atoms with Crippen LogP contribution in [0.25, 0.3) is 0 Å². The van der Waals surface area contributed by atoms with Crippen LogP contribution in [-0.4, -0.2) is 67.8 Å². The number of aliphatic hydroxyl groups excluding tert-OH is 1. The Balaban J connectivity index is 1.51. The van der Waals surface area contributed by atoms with Gasteiger partial charge in [0.2, 0.25) is 0 Å². The Morgan fingerprint density at radius 2 is 1.90 bits per heavy atom. The number of sulfone groups is 1. The molecule has 6 heteroatoms. The first-order chi connectivity index (χ1) is 10.0. The van der Waals surface area contributed by atoms with Crippen LogP contribution in [-0.2, 0) is 9.84 Å². The molecule has 2 atom stereocenters. The molecule has 0 spiro atoms. The number of nitrogens with zero attached hydrogens (tertiary/aromatic N) is 1. The molecule has 2 unspecified atom stereocenters. The van der Waals surface area contributed by atoms with E-state index in [0.29, 0.717) is 36.6 Å². The highest BCUT2D eigenvalue weighted by Crippen LogP contribution is 2.40. The molecule has 21 heavy (non-hydrogen) atoms. The van der Waals surface area contributed by atoms with Crippen LogP contribution in [0.4, 0.5) is 0 Å². The molecule has 122 valence electrons. The SMILES string of the molecule is O=S1(=O)CCN(CCC2CCCC2(CO)NC2CC2)CC1. The average Bonchev–Trinajstić information content (AvgIpc) is 3.17. The third-order valence-corrected chi connectivity index (χ3v) is 7.15. The second-order valence-corrected chi connectivity index (χ2v) is 9.41. The molecular formula is C15H28N2O3S. The van der Waals surface area contributed by atoms with E-state index in [0.717, 1.165) is 19.4 Å². The van der Waals surface area contributed by atoms with E-state index in [1.807, 2.05) is 0 Å². The smallest absolute Gasteiger partial charge is 0.152 e. The van der Waals surface area contributed by atoms with E-state index < -0.39 is 9.84 Å². The summed E-state index contributed by atoms with van der Waals surface area (Å²) in [7, 11) is -2.78. The van der Waals surface area contributed by atoms with Gasteiger partial charge in [-0.25, -0.2) is 8.42 Å². The minimum Gasteiger partial charge on any atom is -0.394 e. The minimum absolute atomic E-state index is 0.0664. The van der Waals surface area contributed by atoms with Crippen LogP contribution in [0.15, 0.2) is 0 Å². The third-order valence-electron chi connectivity index (χ3n) is 5.54. The van der Waals surface area contributed by atoms with Gasteiger partial charge in [-0.1, -0.05) is 6.42 Å². The van der Waals surface area contributed by atoms with Gasteiger partial charge in [-0.15, -0.1) is 0 Å². The number of nitrogens with one attached hydrogen (secondary N) is 1. The fourth-order valence-corrected chi connectivity index (χ4v) is 5.23. The van der Waals surface area contributed by atoms with Crippen molar-refractivity contribution in [1.82, 2.24) is 10.2 Å². The summed E-state index contributed by atoms with van der Waals surface area (Å²) in [4.78, 5) is 2.28. The highest BCUT2D eigenvalue weighted by atomic mass is 32.2. The third kappa shape index (κ3) is 3.78. The fraction of sp³-hybridized carbons (Fsp3) is 1.00. The van der Waals surface area contributed by atoms with Gasteiger partial charge >= 0.3 is 0 Å². The molecule has 2 aliphatic carbocycles. The summed E-state index contributed by atoms with van der Waals surface area (Å²) < 4.78 is 22.9. The van der Waals surface area contributed by atoms with E-state index >= 15 is 0 Å². The molecule has 3 aliphatic rings. The van der Waals surface area contributed by atoms with Crippen molar-refractivity contribution in [2.75, 3.05) is 37.7 Å². The van der Waals surface area contributed by atoms with Crippen molar-refractivity contribution in [3.63, 3.8) is 0 Å². The summed E-state index contributed by atoms with van der Waals surface area (Å²) in [5.74, 6) is 1.15. The molecular weight excluding hydrogens is 288 g/mol. The van der Waals surface area contributed by atoms with Crippen LogP contribution in [0.1, 0.15) is 38.5 Å².